The van der Waals surface area contributed by atoms with E-state index in [-0.39, 0.29) is 0 Å². The predicted octanol–water partition coefficient (Wildman–Crippen LogP) is 3.41. The van der Waals surface area contributed by atoms with E-state index >= 15 is 0 Å². The summed E-state index contributed by atoms with van der Waals surface area (Å²) in [7, 11) is 0. The Labute approximate surface area is 103 Å². The topological polar surface area (TPSA) is 29.3 Å². The molecular formula is C14H32N2. The Bertz CT molecular complexity index is 102. The number of nitrogens with zero attached hydrogens (tertiary/aromatic N) is 1. The van der Waals surface area contributed by atoms with Gasteiger partial charge in [0.05, 0.1) is 0 Å². The fourth-order valence-electron chi connectivity index (χ4n) is 1.99. The van der Waals surface area contributed by atoms with Gasteiger partial charge in [-0.1, -0.05) is 39.5 Å². The van der Waals surface area contributed by atoms with E-state index in [9.17, 15) is 0 Å². The Balaban J connectivity index is 3.58. The molecule has 0 saturated carbocycles. The molecule has 0 rings (SSSR count). The van der Waals surface area contributed by atoms with E-state index in [0.717, 1.165) is 6.54 Å². The standard InChI is InChI=1S/C14H32N2/c1-3-5-8-12-16(13-9-6-4-2)14-10-7-11-15/h3-15H2,1-2H3. The first-order valence-corrected chi connectivity index (χ1v) is 7.27. The van der Waals surface area contributed by atoms with Crippen LogP contribution >= 0.6 is 0 Å². The highest BCUT2D eigenvalue weighted by molar-refractivity contribution is 4.59. The minimum absolute atomic E-state index is 0.845. The van der Waals surface area contributed by atoms with Crippen LogP contribution in [0.3, 0.4) is 0 Å². The van der Waals surface area contributed by atoms with E-state index in [1.54, 1.807) is 0 Å². The van der Waals surface area contributed by atoms with E-state index < -0.39 is 0 Å². The molecule has 0 heterocycles. The van der Waals surface area contributed by atoms with E-state index in [1.165, 1.54) is 71.0 Å². The molecular weight excluding hydrogens is 196 g/mol. The second-order valence-corrected chi connectivity index (χ2v) is 4.75. The van der Waals surface area contributed by atoms with Crippen molar-refractivity contribution in [3.8, 4) is 0 Å². The zero-order valence-electron chi connectivity index (χ0n) is 11.5. The summed E-state index contributed by atoms with van der Waals surface area (Å²) in [6, 6.07) is 0. The maximum Gasteiger partial charge on any atom is -0.00183 e. The summed E-state index contributed by atoms with van der Waals surface area (Å²) in [5.41, 5.74) is 5.54. The zero-order valence-corrected chi connectivity index (χ0v) is 11.5. The van der Waals surface area contributed by atoms with Crippen LogP contribution in [0.1, 0.15) is 65.2 Å². The maximum atomic E-state index is 5.54. The summed E-state index contributed by atoms with van der Waals surface area (Å²) in [6.45, 7) is 9.23. The summed E-state index contributed by atoms with van der Waals surface area (Å²) in [6.07, 6.45) is 10.6. The van der Waals surface area contributed by atoms with Crippen LogP contribution in [0.5, 0.6) is 0 Å². The molecule has 98 valence electrons. The monoisotopic (exact) mass is 228 g/mol. The van der Waals surface area contributed by atoms with Gasteiger partial charge in [-0.2, -0.15) is 0 Å². The highest BCUT2D eigenvalue weighted by Crippen LogP contribution is 2.04. The summed E-state index contributed by atoms with van der Waals surface area (Å²) in [4.78, 5) is 2.64. The number of nitrogens with two attached hydrogens (primary N) is 1. The molecule has 0 radical (unpaired) electrons. The highest BCUT2D eigenvalue weighted by atomic mass is 15.1. The van der Waals surface area contributed by atoms with E-state index in [0.29, 0.717) is 0 Å². The third-order valence-electron chi connectivity index (χ3n) is 3.08. The number of unbranched alkanes of at least 4 members (excludes halogenated alkanes) is 5. The molecule has 0 atom stereocenters. The Morgan fingerprint density at radius 1 is 0.688 bits per heavy atom. The van der Waals surface area contributed by atoms with Crippen LogP contribution < -0.4 is 5.73 Å². The molecule has 0 unspecified atom stereocenters. The van der Waals surface area contributed by atoms with Crippen molar-refractivity contribution in [1.29, 1.82) is 0 Å². The molecule has 0 aromatic carbocycles. The molecule has 2 heteroatoms. The van der Waals surface area contributed by atoms with Gasteiger partial charge < -0.3 is 10.6 Å². The lowest BCUT2D eigenvalue weighted by Gasteiger charge is -2.22. The summed E-state index contributed by atoms with van der Waals surface area (Å²) < 4.78 is 0. The third kappa shape index (κ3) is 10.4. The molecule has 0 bridgehead atoms. The maximum absolute atomic E-state index is 5.54. The SMILES string of the molecule is CCCCCN(CCCCC)CCCCN. The molecule has 0 amide bonds. The van der Waals surface area contributed by atoms with Gasteiger partial charge in [0.15, 0.2) is 0 Å². The number of hydrogen-bond donors (Lipinski definition) is 1. The predicted molar refractivity (Wildman–Crippen MR) is 73.8 cm³/mol. The normalized spacial score (nSPS) is 11.2. The molecule has 0 aliphatic heterocycles. The van der Waals surface area contributed by atoms with Crippen molar-refractivity contribution in [3.63, 3.8) is 0 Å². The van der Waals surface area contributed by atoms with Gasteiger partial charge in [-0.05, 0) is 51.9 Å². The molecule has 0 aliphatic carbocycles. The first-order chi connectivity index (χ1) is 7.85. The second-order valence-electron chi connectivity index (χ2n) is 4.75. The van der Waals surface area contributed by atoms with Crippen LogP contribution in [0.25, 0.3) is 0 Å². The number of rotatable bonds is 12. The van der Waals surface area contributed by atoms with Gasteiger partial charge in [0.25, 0.3) is 0 Å². The number of hydrogen-bond acceptors (Lipinski definition) is 2. The van der Waals surface area contributed by atoms with Crippen molar-refractivity contribution in [1.82, 2.24) is 4.90 Å². The molecule has 0 spiro atoms. The lowest BCUT2D eigenvalue weighted by atomic mass is 10.2. The summed E-state index contributed by atoms with van der Waals surface area (Å²) >= 11 is 0. The molecule has 16 heavy (non-hydrogen) atoms. The van der Waals surface area contributed by atoms with Crippen LogP contribution in [0.4, 0.5) is 0 Å². The molecule has 0 aromatic heterocycles. The van der Waals surface area contributed by atoms with E-state index in [1.807, 2.05) is 0 Å². The van der Waals surface area contributed by atoms with Gasteiger partial charge >= 0.3 is 0 Å². The lowest BCUT2D eigenvalue weighted by molar-refractivity contribution is 0.257. The smallest absolute Gasteiger partial charge is 0.00183 e. The van der Waals surface area contributed by atoms with Gasteiger partial charge in [0, 0.05) is 0 Å². The zero-order chi connectivity index (χ0) is 12.1. The minimum atomic E-state index is 0.845. The molecule has 0 aliphatic rings. The van der Waals surface area contributed by atoms with Gasteiger partial charge in [0.2, 0.25) is 0 Å². The van der Waals surface area contributed by atoms with Crippen LogP contribution in [0, 0.1) is 0 Å². The molecule has 2 N–H and O–H groups in total. The van der Waals surface area contributed by atoms with Crippen molar-refractivity contribution in [2.24, 2.45) is 5.73 Å². The molecule has 0 fully saturated rings. The first-order valence-electron chi connectivity index (χ1n) is 7.27. The van der Waals surface area contributed by atoms with Gasteiger partial charge in [-0.15, -0.1) is 0 Å². The average molecular weight is 228 g/mol. The third-order valence-corrected chi connectivity index (χ3v) is 3.08. The lowest BCUT2D eigenvalue weighted by Crippen LogP contribution is -2.27. The van der Waals surface area contributed by atoms with Crippen molar-refractivity contribution in [3.05, 3.63) is 0 Å². The Morgan fingerprint density at radius 2 is 1.12 bits per heavy atom. The van der Waals surface area contributed by atoms with E-state index in [4.69, 9.17) is 5.73 Å². The fourth-order valence-corrected chi connectivity index (χ4v) is 1.99. The summed E-state index contributed by atoms with van der Waals surface area (Å²) in [5.74, 6) is 0. The molecule has 0 saturated heterocycles. The first kappa shape index (κ1) is 15.9. The Morgan fingerprint density at radius 3 is 1.50 bits per heavy atom. The van der Waals surface area contributed by atoms with Crippen LogP contribution in [-0.2, 0) is 0 Å². The van der Waals surface area contributed by atoms with Crippen molar-refractivity contribution in [2.75, 3.05) is 26.2 Å². The fraction of sp³-hybridized carbons (Fsp3) is 1.00. The van der Waals surface area contributed by atoms with Gasteiger partial charge in [0.1, 0.15) is 0 Å². The quantitative estimate of drug-likeness (QED) is 0.519. The Hall–Kier alpha value is -0.0800. The largest absolute Gasteiger partial charge is 0.330 e. The average Bonchev–Trinajstić information content (AvgIpc) is 2.29. The Kier molecular flexibility index (Phi) is 12.9. The van der Waals surface area contributed by atoms with Gasteiger partial charge in [-0.25, -0.2) is 0 Å². The van der Waals surface area contributed by atoms with Crippen LogP contribution in [0.2, 0.25) is 0 Å². The van der Waals surface area contributed by atoms with Crippen LogP contribution in [0.15, 0.2) is 0 Å². The molecule has 2 nitrogen and oxygen atoms in total. The molecule has 0 aromatic rings. The summed E-state index contributed by atoms with van der Waals surface area (Å²) in [5, 5.41) is 0. The van der Waals surface area contributed by atoms with Crippen LogP contribution in [-0.4, -0.2) is 31.1 Å². The minimum Gasteiger partial charge on any atom is -0.330 e. The van der Waals surface area contributed by atoms with E-state index in [2.05, 4.69) is 18.7 Å². The van der Waals surface area contributed by atoms with Crippen molar-refractivity contribution in [2.45, 2.75) is 65.2 Å². The second kappa shape index (κ2) is 13.0. The van der Waals surface area contributed by atoms with Crippen molar-refractivity contribution >= 4 is 0 Å². The highest BCUT2D eigenvalue weighted by Gasteiger charge is 2.03. The van der Waals surface area contributed by atoms with Gasteiger partial charge in [-0.3, -0.25) is 0 Å². The van der Waals surface area contributed by atoms with Crippen molar-refractivity contribution < 1.29 is 0 Å².